The lowest BCUT2D eigenvalue weighted by atomic mass is 9.92. The standard InChI is InChI=1S/C15H18N2O5/c1-21-14(19)6-10(15(20)22-2)5-9-3-4-13-11(7-16-17-13)12(9)8-18/h3-4,7,10,18H,5-6,8H2,1-2H3,(H,16,17). The maximum atomic E-state index is 11.9. The third-order valence-electron chi connectivity index (χ3n) is 3.63. The highest BCUT2D eigenvalue weighted by atomic mass is 16.5. The lowest BCUT2D eigenvalue weighted by Crippen LogP contribution is -2.23. The van der Waals surface area contributed by atoms with Crippen molar-refractivity contribution in [2.24, 2.45) is 5.92 Å². The maximum Gasteiger partial charge on any atom is 0.309 e. The molecule has 1 unspecified atom stereocenters. The zero-order chi connectivity index (χ0) is 16.1. The third kappa shape index (κ3) is 3.25. The monoisotopic (exact) mass is 306 g/mol. The van der Waals surface area contributed by atoms with Crippen LogP contribution >= 0.6 is 0 Å². The average Bonchev–Trinajstić information content (AvgIpc) is 3.01. The van der Waals surface area contributed by atoms with Gasteiger partial charge in [0.1, 0.15) is 0 Å². The summed E-state index contributed by atoms with van der Waals surface area (Å²) in [7, 11) is 2.55. The van der Waals surface area contributed by atoms with Crippen molar-refractivity contribution in [2.45, 2.75) is 19.4 Å². The molecule has 2 rings (SSSR count). The van der Waals surface area contributed by atoms with Gasteiger partial charge >= 0.3 is 11.9 Å². The molecule has 118 valence electrons. The first-order chi connectivity index (χ1) is 10.6. The molecule has 0 fully saturated rings. The molecule has 1 heterocycles. The predicted octanol–water partition coefficient (Wildman–Crippen LogP) is 0.950. The Hall–Kier alpha value is -2.41. The highest BCUT2D eigenvalue weighted by molar-refractivity contribution is 5.84. The van der Waals surface area contributed by atoms with E-state index < -0.39 is 17.9 Å². The van der Waals surface area contributed by atoms with E-state index in [0.717, 1.165) is 16.5 Å². The van der Waals surface area contributed by atoms with Gasteiger partial charge in [0.15, 0.2) is 0 Å². The number of nitrogens with zero attached hydrogens (tertiary/aromatic N) is 1. The first kappa shape index (κ1) is 16.0. The van der Waals surface area contributed by atoms with Crippen molar-refractivity contribution in [3.8, 4) is 0 Å². The largest absolute Gasteiger partial charge is 0.469 e. The summed E-state index contributed by atoms with van der Waals surface area (Å²) in [5, 5.41) is 17.2. The van der Waals surface area contributed by atoms with Crippen molar-refractivity contribution in [3.05, 3.63) is 29.5 Å². The number of hydrogen-bond donors (Lipinski definition) is 2. The Balaban J connectivity index is 2.32. The Morgan fingerprint density at radius 3 is 2.73 bits per heavy atom. The highest BCUT2D eigenvalue weighted by Gasteiger charge is 2.25. The summed E-state index contributed by atoms with van der Waals surface area (Å²) in [6.07, 6.45) is 1.83. The Morgan fingerprint density at radius 2 is 2.09 bits per heavy atom. The molecule has 1 aromatic carbocycles. The van der Waals surface area contributed by atoms with Crippen LogP contribution in [0.4, 0.5) is 0 Å². The van der Waals surface area contributed by atoms with Crippen molar-refractivity contribution >= 4 is 22.8 Å². The van der Waals surface area contributed by atoms with E-state index in [2.05, 4.69) is 14.9 Å². The van der Waals surface area contributed by atoms with Crippen LogP contribution < -0.4 is 0 Å². The van der Waals surface area contributed by atoms with Gasteiger partial charge in [-0.05, 0) is 23.6 Å². The number of aliphatic hydroxyl groups is 1. The molecule has 0 aliphatic heterocycles. The van der Waals surface area contributed by atoms with E-state index in [-0.39, 0.29) is 19.4 Å². The number of carbonyl (C=O) groups excluding carboxylic acids is 2. The number of carbonyl (C=O) groups is 2. The number of hydrogen-bond acceptors (Lipinski definition) is 6. The Kier molecular flexibility index (Phi) is 5.11. The topological polar surface area (TPSA) is 102 Å². The van der Waals surface area contributed by atoms with Crippen LogP contribution in [0.5, 0.6) is 0 Å². The molecule has 0 aliphatic rings. The van der Waals surface area contributed by atoms with E-state index in [9.17, 15) is 14.7 Å². The summed E-state index contributed by atoms with van der Waals surface area (Å²) in [4.78, 5) is 23.3. The van der Waals surface area contributed by atoms with Crippen LogP contribution in [-0.2, 0) is 32.1 Å². The molecule has 7 heteroatoms. The van der Waals surface area contributed by atoms with Gasteiger partial charge in [-0.15, -0.1) is 0 Å². The summed E-state index contributed by atoms with van der Waals surface area (Å²) in [6.45, 7) is -0.182. The van der Waals surface area contributed by atoms with Gasteiger partial charge in [-0.2, -0.15) is 5.10 Å². The van der Waals surface area contributed by atoms with Gasteiger partial charge in [-0.3, -0.25) is 14.7 Å². The lowest BCUT2D eigenvalue weighted by Gasteiger charge is -2.16. The van der Waals surface area contributed by atoms with Gasteiger partial charge < -0.3 is 14.6 Å². The molecule has 0 radical (unpaired) electrons. The number of ether oxygens (including phenoxy) is 2. The van der Waals surface area contributed by atoms with E-state index in [1.807, 2.05) is 6.07 Å². The van der Waals surface area contributed by atoms with Crippen LogP contribution in [-0.4, -0.2) is 41.5 Å². The quantitative estimate of drug-likeness (QED) is 0.771. The summed E-state index contributed by atoms with van der Waals surface area (Å²) in [5.41, 5.74) is 2.26. The maximum absolute atomic E-state index is 11.9. The number of H-pyrrole nitrogens is 1. The van der Waals surface area contributed by atoms with Gasteiger partial charge in [0, 0.05) is 5.39 Å². The molecule has 1 atom stereocenters. The molecule has 22 heavy (non-hydrogen) atoms. The number of aromatic amines is 1. The van der Waals surface area contributed by atoms with Crippen molar-refractivity contribution in [1.29, 1.82) is 0 Å². The van der Waals surface area contributed by atoms with Crippen LogP contribution in [0.15, 0.2) is 18.3 Å². The molecule has 0 spiro atoms. The summed E-state index contributed by atoms with van der Waals surface area (Å²) in [5.74, 6) is -1.63. The minimum absolute atomic E-state index is 0.0720. The van der Waals surface area contributed by atoms with E-state index >= 15 is 0 Å². The minimum atomic E-state index is -0.660. The van der Waals surface area contributed by atoms with Crippen LogP contribution in [0.1, 0.15) is 17.5 Å². The molecular formula is C15H18N2O5. The molecule has 7 nitrogen and oxygen atoms in total. The number of nitrogens with one attached hydrogen (secondary N) is 1. The van der Waals surface area contributed by atoms with Crippen LogP contribution in [0.2, 0.25) is 0 Å². The van der Waals surface area contributed by atoms with Crippen molar-refractivity contribution in [3.63, 3.8) is 0 Å². The predicted molar refractivity (Wildman–Crippen MR) is 77.9 cm³/mol. The second-order valence-electron chi connectivity index (χ2n) is 4.90. The molecule has 1 aromatic heterocycles. The molecule has 0 saturated heterocycles. The Morgan fingerprint density at radius 1 is 1.32 bits per heavy atom. The SMILES string of the molecule is COC(=O)CC(Cc1ccc2[nH]ncc2c1CO)C(=O)OC. The fourth-order valence-electron chi connectivity index (χ4n) is 2.45. The molecule has 2 aromatic rings. The number of rotatable bonds is 6. The first-order valence-electron chi connectivity index (χ1n) is 6.80. The fraction of sp³-hybridized carbons (Fsp3) is 0.400. The Bertz CT molecular complexity index is 680. The molecule has 0 amide bonds. The zero-order valence-electron chi connectivity index (χ0n) is 12.5. The van der Waals surface area contributed by atoms with Gasteiger partial charge in [-0.25, -0.2) is 0 Å². The molecular weight excluding hydrogens is 288 g/mol. The summed E-state index contributed by atoms with van der Waals surface area (Å²) >= 11 is 0. The zero-order valence-corrected chi connectivity index (χ0v) is 12.5. The second-order valence-corrected chi connectivity index (χ2v) is 4.90. The lowest BCUT2D eigenvalue weighted by molar-refractivity contribution is -0.152. The van der Waals surface area contributed by atoms with Crippen LogP contribution in [0.3, 0.4) is 0 Å². The van der Waals surface area contributed by atoms with E-state index in [1.165, 1.54) is 14.2 Å². The molecule has 2 N–H and O–H groups in total. The number of methoxy groups -OCH3 is 2. The third-order valence-corrected chi connectivity index (χ3v) is 3.63. The average molecular weight is 306 g/mol. The number of benzene rings is 1. The second kappa shape index (κ2) is 7.04. The van der Waals surface area contributed by atoms with E-state index in [0.29, 0.717) is 5.56 Å². The molecule has 0 saturated carbocycles. The van der Waals surface area contributed by atoms with Crippen molar-refractivity contribution in [1.82, 2.24) is 10.2 Å². The first-order valence-corrected chi connectivity index (χ1v) is 6.80. The number of esters is 2. The van der Waals surface area contributed by atoms with Gasteiger partial charge in [0.2, 0.25) is 0 Å². The van der Waals surface area contributed by atoms with Crippen molar-refractivity contribution in [2.75, 3.05) is 14.2 Å². The van der Waals surface area contributed by atoms with Gasteiger partial charge in [0.25, 0.3) is 0 Å². The normalized spacial score (nSPS) is 12.1. The number of aliphatic hydroxyl groups excluding tert-OH is 1. The Labute approximate surface area is 127 Å². The van der Waals surface area contributed by atoms with Crippen molar-refractivity contribution < 1.29 is 24.2 Å². The van der Waals surface area contributed by atoms with Crippen LogP contribution in [0.25, 0.3) is 10.9 Å². The fourth-order valence-corrected chi connectivity index (χ4v) is 2.45. The minimum Gasteiger partial charge on any atom is -0.469 e. The smallest absolute Gasteiger partial charge is 0.309 e. The van der Waals surface area contributed by atoms with E-state index in [1.54, 1.807) is 12.3 Å². The summed E-state index contributed by atoms with van der Waals surface area (Å²) < 4.78 is 9.36. The van der Waals surface area contributed by atoms with Gasteiger partial charge in [-0.1, -0.05) is 6.07 Å². The molecule has 0 aliphatic carbocycles. The number of aromatic nitrogens is 2. The van der Waals surface area contributed by atoms with Crippen LogP contribution in [0, 0.1) is 5.92 Å². The van der Waals surface area contributed by atoms with E-state index in [4.69, 9.17) is 4.74 Å². The molecule has 0 bridgehead atoms. The highest BCUT2D eigenvalue weighted by Crippen LogP contribution is 2.24. The number of fused-ring (bicyclic) bond motifs is 1. The van der Waals surface area contributed by atoms with Gasteiger partial charge in [0.05, 0.1) is 44.9 Å². The summed E-state index contributed by atoms with van der Waals surface area (Å²) in [6, 6.07) is 3.63.